The summed E-state index contributed by atoms with van der Waals surface area (Å²) in [6.45, 7) is 4.94. The van der Waals surface area contributed by atoms with Crippen molar-refractivity contribution in [2.24, 2.45) is 0 Å². The molecule has 0 heterocycles. The highest BCUT2D eigenvalue weighted by atomic mass is 19.2. The van der Waals surface area contributed by atoms with Crippen LogP contribution in [0.3, 0.4) is 0 Å². The van der Waals surface area contributed by atoms with E-state index >= 15 is 0 Å². The fourth-order valence-corrected chi connectivity index (χ4v) is 0.563. The second-order valence-corrected chi connectivity index (χ2v) is 1.96. The van der Waals surface area contributed by atoms with Crippen molar-refractivity contribution in [1.29, 1.82) is 0 Å². The summed E-state index contributed by atoms with van der Waals surface area (Å²) < 4.78 is 24.6. The zero-order valence-corrected chi connectivity index (χ0v) is 5.61. The molecule has 0 rings (SSSR count). The quantitative estimate of drug-likeness (QED) is 0.518. The molecule has 9 heavy (non-hydrogen) atoms. The van der Waals surface area contributed by atoms with Gasteiger partial charge in [-0.3, -0.25) is 0 Å². The van der Waals surface area contributed by atoms with E-state index in [0.717, 1.165) is 0 Å². The van der Waals surface area contributed by atoms with Crippen molar-refractivity contribution >= 4 is 0 Å². The molecule has 0 aliphatic heterocycles. The van der Waals surface area contributed by atoms with E-state index in [1.54, 1.807) is 6.92 Å². The summed E-state index contributed by atoms with van der Waals surface area (Å²) in [6.07, 6.45) is -0.910. The minimum absolute atomic E-state index is 0.120. The van der Waals surface area contributed by atoms with Gasteiger partial charge in [-0.15, -0.1) is 6.58 Å². The third-order valence-corrected chi connectivity index (χ3v) is 1.17. The van der Waals surface area contributed by atoms with Crippen LogP contribution in [-0.4, -0.2) is 12.3 Å². The van der Waals surface area contributed by atoms with Crippen molar-refractivity contribution in [3.8, 4) is 0 Å². The van der Waals surface area contributed by atoms with Gasteiger partial charge in [0.2, 0.25) is 0 Å². The van der Waals surface area contributed by atoms with Gasteiger partial charge in [0.15, 0.2) is 0 Å². The topological polar surface area (TPSA) is 0 Å². The van der Waals surface area contributed by atoms with Crippen LogP contribution in [0.1, 0.15) is 19.8 Å². The predicted molar refractivity (Wildman–Crippen MR) is 34.9 cm³/mol. The molecule has 0 aromatic heterocycles. The lowest BCUT2D eigenvalue weighted by Crippen LogP contribution is -2.14. The second kappa shape index (κ2) is 4.48. The Morgan fingerprint density at radius 1 is 1.44 bits per heavy atom. The molecular formula is C7H12F2. The molecule has 0 aromatic carbocycles. The smallest absolute Gasteiger partial charge is 0.135 e. The van der Waals surface area contributed by atoms with Gasteiger partial charge in [-0.25, -0.2) is 8.78 Å². The summed E-state index contributed by atoms with van der Waals surface area (Å²) in [4.78, 5) is 0. The van der Waals surface area contributed by atoms with Crippen LogP contribution >= 0.6 is 0 Å². The van der Waals surface area contributed by atoms with Crippen molar-refractivity contribution in [3.05, 3.63) is 12.7 Å². The van der Waals surface area contributed by atoms with Gasteiger partial charge in [-0.1, -0.05) is 13.0 Å². The minimum atomic E-state index is -1.35. The predicted octanol–water partition coefficient (Wildman–Crippen LogP) is 2.65. The number of halogens is 2. The first-order valence-corrected chi connectivity index (χ1v) is 3.11. The number of alkyl halides is 2. The molecule has 0 fully saturated rings. The molecule has 0 N–H and O–H groups in total. The highest BCUT2D eigenvalue weighted by Gasteiger charge is 2.15. The highest BCUT2D eigenvalue weighted by Crippen LogP contribution is 2.11. The van der Waals surface area contributed by atoms with Gasteiger partial charge in [0.1, 0.15) is 12.3 Å². The summed E-state index contributed by atoms with van der Waals surface area (Å²) in [7, 11) is 0. The Hall–Kier alpha value is -0.400. The van der Waals surface area contributed by atoms with Crippen molar-refractivity contribution < 1.29 is 8.78 Å². The van der Waals surface area contributed by atoms with Crippen LogP contribution in [0.25, 0.3) is 0 Å². The highest BCUT2D eigenvalue weighted by molar-refractivity contribution is 4.77. The second-order valence-electron chi connectivity index (χ2n) is 1.96. The van der Waals surface area contributed by atoms with E-state index in [-0.39, 0.29) is 12.8 Å². The number of hydrogen-bond donors (Lipinski definition) is 0. The molecule has 0 spiro atoms. The summed E-state index contributed by atoms with van der Waals surface area (Å²) in [5.41, 5.74) is 0. The van der Waals surface area contributed by atoms with Crippen LogP contribution in [0.15, 0.2) is 12.7 Å². The van der Waals surface area contributed by atoms with Gasteiger partial charge in [-0.05, 0) is 12.8 Å². The Kier molecular flexibility index (Phi) is 4.28. The molecule has 0 saturated carbocycles. The van der Waals surface area contributed by atoms with Gasteiger partial charge in [0, 0.05) is 0 Å². The van der Waals surface area contributed by atoms with Gasteiger partial charge < -0.3 is 0 Å². The van der Waals surface area contributed by atoms with Gasteiger partial charge in [0.05, 0.1) is 0 Å². The van der Waals surface area contributed by atoms with Crippen LogP contribution in [0, 0.1) is 0 Å². The van der Waals surface area contributed by atoms with E-state index in [1.807, 2.05) is 0 Å². The third-order valence-electron chi connectivity index (χ3n) is 1.17. The van der Waals surface area contributed by atoms with E-state index in [9.17, 15) is 8.78 Å². The van der Waals surface area contributed by atoms with E-state index in [0.29, 0.717) is 0 Å². The Balaban J connectivity index is 3.44. The zero-order chi connectivity index (χ0) is 7.28. The molecule has 0 aromatic rings. The first kappa shape index (κ1) is 8.60. The summed E-state index contributed by atoms with van der Waals surface area (Å²) >= 11 is 0. The lowest BCUT2D eigenvalue weighted by molar-refractivity contribution is 0.164. The molecule has 2 atom stereocenters. The van der Waals surface area contributed by atoms with Gasteiger partial charge in [-0.2, -0.15) is 0 Å². The number of rotatable bonds is 4. The van der Waals surface area contributed by atoms with Gasteiger partial charge in [0.25, 0.3) is 0 Å². The summed E-state index contributed by atoms with van der Waals surface area (Å²) in [5, 5.41) is 0. The molecule has 0 amide bonds. The summed E-state index contributed by atoms with van der Waals surface area (Å²) in [5.74, 6) is 0. The lowest BCUT2D eigenvalue weighted by atomic mass is 10.1. The van der Waals surface area contributed by atoms with E-state index < -0.39 is 12.3 Å². The number of allylic oxidation sites excluding steroid dienone is 1. The SMILES string of the molecule is C=CCC(F)C(F)CC. The molecule has 54 valence electrons. The summed E-state index contributed by atoms with van der Waals surface area (Å²) in [6, 6.07) is 0. The molecule has 0 nitrogen and oxygen atoms in total. The first-order chi connectivity index (χ1) is 4.22. The van der Waals surface area contributed by atoms with Crippen molar-refractivity contribution in [2.45, 2.75) is 32.1 Å². The molecule has 0 radical (unpaired) electrons. The van der Waals surface area contributed by atoms with Gasteiger partial charge >= 0.3 is 0 Å². The van der Waals surface area contributed by atoms with Crippen LogP contribution in [0.2, 0.25) is 0 Å². The average Bonchev–Trinajstić information content (AvgIpc) is 1.87. The monoisotopic (exact) mass is 134 g/mol. The molecule has 0 aliphatic carbocycles. The maximum atomic E-state index is 12.4. The van der Waals surface area contributed by atoms with Crippen LogP contribution in [0.4, 0.5) is 8.78 Å². The molecule has 2 heteroatoms. The molecule has 2 unspecified atom stereocenters. The van der Waals surface area contributed by atoms with Crippen LogP contribution < -0.4 is 0 Å². The Bertz CT molecular complexity index is 81.0. The van der Waals surface area contributed by atoms with E-state index in [4.69, 9.17) is 0 Å². The Morgan fingerprint density at radius 2 is 2.00 bits per heavy atom. The van der Waals surface area contributed by atoms with E-state index in [2.05, 4.69) is 6.58 Å². The maximum Gasteiger partial charge on any atom is 0.135 e. The number of hydrogen-bond acceptors (Lipinski definition) is 0. The minimum Gasteiger partial charge on any atom is -0.244 e. The average molecular weight is 134 g/mol. The van der Waals surface area contributed by atoms with E-state index in [1.165, 1.54) is 6.08 Å². The molecule has 0 aliphatic rings. The third kappa shape index (κ3) is 3.22. The van der Waals surface area contributed by atoms with Crippen LogP contribution in [0.5, 0.6) is 0 Å². The van der Waals surface area contributed by atoms with Crippen molar-refractivity contribution in [1.82, 2.24) is 0 Å². The van der Waals surface area contributed by atoms with Crippen molar-refractivity contribution in [2.75, 3.05) is 0 Å². The Labute approximate surface area is 54.6 Å². The fraction of sp³-hybridized carbons (Fsp3) is 0.714. The standard InChI is InChI=1S/C7H12F2/c1-3-5-7(9)6(8)4-2/h3,6-7H,1,4-5H2,2H3. The first-order valence-electron chi connectivity index (χ1n) is 3.11. The molecule has 0 saturated heterocycles. The van der Waals surface area contributed by atoms with Crippen LogP contribution in [-0.2, 0) is 0 Å². The molecular weight excluding hydrogens is 122 g/mol. The lowest BCUT2D eigenvalue weighted by Gasteiger charge is -2.07. The normalized spacial score (nSPS) is 16.8. The Morgan fingerprint density at radius 3 is 2.33 bits per heavy atom. The maximum absolute atomic E-state index is 12.4. The van der Waals surface area contributed by atoms with Crippen molar-refractivity contribution in [3.63, 3.8) is 0 Å². The molecule has 0 bridgehead atoms. The fourth-order valence-electron chi connectivity index (χ4n) is 0.563. The zero-order valence-electron chi connectivity index (χ0n) is 5.61. The largest absolute Gasteiger partial charge is 0.244 e.